The molecule has 2 N–H and O–H groups in total. The molecule has 84 valence electrons. The monoisotopic (exact) mass is 233 g/mol. The summed E-state index contributed by atoms with van der Waals surface area (Å²) in [6.07, 6.45) is 0. The van der Waals surface area contributed by atoms with E-state index in [1.165, 1.54) is 4.88 Å². The fourth-order valence-corrected chi connectivity index (χ4v) is 2.28. The van der Waals surface area contributed by atoms with Gasteiger partial charge in [-0.1, -0.05) is 12.1 Å². The molecule has 0 fully saturated rings. The Morgan fingerprint density at radius 2 is 2.19 bits per heavy atom. The lowest BCUT2D eigenvalue weighted by Crippen LogP contribution is -2.22. The van der Waals surface area contributed by atoms with Gasteiger partial charge in [0.15, 0.2) is 0 Å². The lowest BCUT2D eigenvalue weighted by atomic mass is 10.3. The van der Waals surface area contributed by atoms with Crippen LogP contribution in [0, 0.1) is 0 Å². The lowest BCUT2D eigenvalue weighted by molar-refractivity contribution is 0.824. The number of aromatic nitrogens is 1. The van der Waals surface area contributed by atoms with E-state index in [1.54, 1.807) is 11.3 Å². The van der Waals surface area contributed by atoms with Gasteiger partial charge in [0, 0.05) is 11.4 Å². The third kappa shape index (κ3) is 2.52. The molecule has 0 radical (unpaired) electrons. The molecule has 0 amide bonds. The van der Waals surface area contributed by atoms with Gasteiger partial charge < -0.3 is 10.6 Å². The summed E-state index contributed by atoms with van der Waals surface area (Å²) in [5.74, 6) is 1.51. The minimum Gasteiger partial charge on any atom is -0.384 e. The molecule has 2 heterocycles. The van der Waals surface area contributed by atoms with Crippen molar-refractivity contribution in [2.24, 2.45) is 0 Å². The van der Waals surface area contributed by atoms with Crippen molar-refractivity contribution in [2.75, 3.05) is 17.2 Å². The Hall–Kier alpha value is -1.55. The largest absolute Gasteiger partial charge is 0.384 e. The summed E-state index contributed by atoms with van der Waals surface area (Å²) in [5.41, 5.74) is 5.69. The highest BCUT2D eigenvalue weighted by atomic mass is 32.1. The van der Waals surface area contributed by atoms with E-state index in [1.807, 2.05) is 18.2 Å². The van der Waals surface area contributed by atoms with Gasteiger partial charge in [-0.2, -0.15) is 0 Å². The predicted octanol–water partition coefficient (Wildman–Crippen LogP) is 2.75. The standard InChI is InChI=1S/C12H15N3S/c1-2-15(9-10-5-4-8-16-10)12-7-3-6-11(13)14-12/h3-8H,2,9H2,1H3,(H2,13,14). The maximum atomic E-state index is 5.69. The van der Waals surface area contributed by atoms with E-state index in [0.29, 0.717) is 5.82 Å². The summed E-state index contributed by atoms with van der Waals surface area (Å²) < 4.78 is 0. The molecule has 0 aliphatic carbocycles. The van der Waals surface area contributed by atoms with E-state index in [2.05, 4.69) is 34.3 Å². The van der Waals surface area contributed by atoms with Crippen LogP contribution in [0.15, 0.2) is 35.7 Å². The number of nitrogens with zero attached hydrogens (tertiary/aromatic N) is 2. The summed E-state index contributed by atoms with van der Waals surface area (Å²) in [5, 5.41) is 2.09. The van der Waals surface area contributed by atoms with Gasteiger partial charge in [-0.25, -0.2) is 4.98 Å². The summed E-state index contributed by atoms with van der Waals surface area (Å²) in [6, 6.07) is 9.95. The molecule has 4 heteroatoms. The van der Waals surface area contributed by atoms with Gasteiger partial charge in [0.25, 0.3) is 0 Å². The van der Waals surface area contributed by atoms with Gasteiger partial charge >= 0.3 is 0 Å². The van der Waals surface area contributed by atoms with Crippen molar-refractivity contribution in [2.45, 2.75) is 13.5 Å². The highest BCUT2D eigenvalue weighted by Gasteiger charge is 2.07. The second-order valence-corrected chi connectivity index (χ2v) is 4.55. The molecular formula is C12H15N3S. The number of nitrogen functional groups attached to an aromatic ring is 1. The van der Waals surface area contributed by atoms with Gasteiger partial charge in [-0.15, -0.1) is 11.3 Å². The first-order valence-corrected chi connectivity index (χ1v) is 6.17. The molecule has 3 nitrogen and oxygen atoms in total. The SMILES string of the molecule is CCN(Cc1cccs1)c1cccc(N)n1. The summed E-state index contributed by atoms with van der Waals surface area (Å²) in [4.78, 5) is 7.88. The van der Waals surface area contributed by atoms with E-state index >= 15 is 0 Å². The van der Waals surface area contributed by atoms with Crippen molar-refractivity contribution in [3.63, 3.8) is 0 Å². The van der Waals surface area contributed by atoms with E-state index in [-0.39, 0.29) is 0 Å². The van der Waals surface area contributed by atoms with E-state index in [9.17, 15) is 0 Å². The number of hydrogen-bond acceptors (Lipinski definition) is 4. The number of rotatable bonds is 4. The van der Waals surface area contributed by atoms with Crippen LogP contribution in [0.2, 0.25) is 0 Å². The van der Waals surface area contributed by atoms with Crippen LogP contribution in [0.1, 0.15) is 11.8 Å². The first-order chi connectivity index (χ1) is 7.79. The van der Waals surface area contributed by atoms with Crippen molar-refractivity contribution in [3.05, 3.63) is 40.6 Å². The van der Waals surface area contributed by atoms with Crippen molar-refractivity contribution < 1.29 is 0 Å². The minimum atomic E-state index is 0.571. The first kappa shape index (κ1) is 11.0. The molecule has 2 aromatic rings. The molecular weight excluding hydrogens is 218 g/mol. The van der Waals surface area contributed by atoms with Crippen LogP contribution in [0.4, 0.5) is 11.6 Å². The van der Waals surface area contributed by atoms with Crippen LogP contribution in [0.5, 0.6) is 0 Å². The molecule has 0 aliphatic rings. The van der Waals surface area contributed by atoms with Gasteiger partial charge in [-0.3, -0.25) is 0 Å². The number of nitrogens with two attached hydrogens (primary N) is 1. The molecule has 2 rings (SSSR count). The Bertz CT molecular complexity index is 439. The lowest BCUT2D eigenvalue weighted by Gasteiger charge is -2.21. The molecule has 0 aliphatic heterocycles. The minimum absolute atomic E-state index is 0.571. The second-order valence-electron chi connectivity index (χ2n) is 3.51. The smallest absolute Gasteiger partial charge is 0.131 e. The second kappa shape index (κ2) is 4.99. The van der Waals surface area contributed by atoms with Gasteiger partial charge in [0.2, 0.25) is 0 Å². The Balaban J connectivity index is 2.16. The zero-order valence-corrected chi connectivity index (χ0v) is 10.1. The summed E-state index contributed by atoms with van der Waals surface area (Å²) >= 11 is 1.76. The molecule has 0 aromatic carbocycles. The van der Waals surface area contributed by atoms with E-state index in [0.717, 1.165) is 18.9 Å². The van der Waals surface area contributed by atoms with Crippen LogP contribution in [-0.2, 0) is 6.54 Å². The van der Waals surface area contributed by atoms with Crippen LogP contribution in [-0.4, -0.2) is 11.5 Å². The predicted molar refractivity (Wildman–Crippen MR) is 69.7 cm³/mol. The molecule has 2 aromatic heterocycles. The first-order valence-electron chi connectivity index (χ1n) is 5.29. The van der Waals surface area contributed by atoms with Gasteiger partial charge in [0.05, 0.1) is 6.54 Å². The fraction of sp³-hybridized carbons (Fsp3) is 0.250. The quantitative estimate of drug-likeness (QED) is 0.883. The number of pyridine rings is 1. The van der Waals surface area contributed by atoms with Crippen LogP contribution in [0.25, 0.3) is 0 Å². The zero-order chi connectivity index (χ0) is 11.4. The highest BCUT2D eigenvalue weighted by Crippen LogP contribution is 2.18. The summed E-state index contributed by atoms with van der Waals surface area (Å²) in [6.45, 7) is 3.94. The third-order valence-corrected chi connectivity index (χ3v) is 3.25. The van der Waals surface area contributed by atoms with Gasteiger partial charge in [-0.05, 0) is 30.5 Å². The van der Waals surface area contributed by atoms with Crippen molar-refractivity contribution in [3.8, 4) is 0 Å². The van der Waals surface area contributed by atoms with Crippen LogP contribution in [0.3, 0.4) is 0 Å². The average Bonchev–Trinajstić information content (AvgIpc) is 2.78. The number of anilines is 2. The van der Waals surface area contributed by atoms with E-state index < -0.39 is 0 Å². The maximum absolute atomic E-state index is 5.69. The highest BCUT2D eigenvalue weighted by molar-refractivity contribution is 7.09. The van der Waals surface area contributed by atoms with Gasteiger partial charge in [0.1, 0.15) is 11.6 Å². The summed E-state index contributed by atoms with van der Waals surface area (Å²) in [7, 11) is 0. The Morgan fingerprint density at radius 3 is 2.81 bits per heavy atom. The topological polar surface area (TPSA) is 42.1 Å². The normalized spacial score (nSPS) is 10.3. The average molecular weight is 233 g/mol. The Kier molecular flexibility index (Phi) is 3.41. The van der Waals surface area contributed by atoms with E-state index in [4.69, 9.17) is 5.73 Å². The molecule has 0 saturated carbocycles. The fourth-order valence-electron chi connectivity index (χ4n) is 1.56. The number of thiophene rings is 1. The molecule has 0 unspecified atom stereocenters. The molecule has 0 saturated heterocycles. The molecule has 0 spiro atoms. The van der Waals surface area contributed by atoms with Crippen molar-refractivity contribution >= 4 is 23.0 Å². The molecule has 16 heavy (non-hydrogen) atoms. The van der Waals surface area contributed by atoms with Crippen molar-refractivity contribution in [1.82, 2.24) is 4.98 Å². The Morgan fingerprint density at radius 1 is 1.31 bits per heavy atom. The van der Waals surface area contributed by atoms with Crippen molar-refractivity contribution in [1.29, 1.82) is 0 Å². The molecule has 0 bridgehead atoms. The zero-order valence-electron chi connectivity index (χ0n) is 9.26. The Labute approximate surface area is 99.5 Å². The third-order valence-electron chi connectivity index (χ3n) is 2.39. The molecule has 0 atom stereocenters. The number of hydrogen-bond donors (Lipinski definition) is 1. The van der Waals surface area contributed by atoms with Crippen LogP contribution >= 0.6 is 11.3 Å². The van der Waals surface area contributed by atoms with Crippen LogP contribution < -0.4 is 10.6 Å². The maximum Gasteiger partial charge on any atom is 0.131 e.